The van der Waals surface area contributed by atoms with Crippen molar-refractivity contribution in [3.8, 4) is 5.75 Å². The van der Waals surface area contributed by atoms with Crippen molar-refractivity contribution >= 4 is 23.7 Å². The number of carbonyl (C=O) groups is 1. The molecule has 0 fully saturated rings. The van der Waals surface area contributed by atoms with Crippen LogP contribution < -0.4 is 10.2 Å². The van der Waals surface area contributed by atoms with Crippen LogP contribution in [0.5, 0.6) is 5.75 Å². The highest BCUT2D eigenvalue weighted by molar-refractivity contribution is 6.32. The van der Waals surface area contributed by atoms with E-state index in [1.165, 1.54) is 11.8 Å². The lowest BCUT2D eigenvalue weighted by Gasteiger charge is -2.09. The van der Waals surface area contributed by atoms with Crippen LogP contribution in [0.4, 0.5) is 0 Å². The average Bonchev–Trinajstić information content (AvgIpc) is 2.97. The van der Waals surface area contributed by atoms with Crippen LogP contribution in [0, 0.1) is 13.8 Å². The van der Waals surface area contributed by atoms with Gasteiger partial charge in [-0.2, -0.15) is 10.2 Å². The number of carbonyl (C=O) groups excluding carboxylic acids is 1. The number of benzene rings is 2. The molecule has 0 spiro atoms. The van der Waals surface area contributed by atoms with Crippen LogP contribution in [0.15, 0.2) is 53.6 Å². The standard InChI is InChI=1S/C23H25ClN4O2/c1-15(2)30-20-11-9-19(10-12-20)23(29)26-25-13-21-17(4)27-28(22(21)24)14-18-7-5-16(3)6-8-18/h5-13,15H,14H2,1-4H3,(H,26,29)/b25-13-. The van der Waals surface area contributed by atoms with Crippen LogP contribution in [0.2, 0.25) is 5.15 Å². The topological polar surface area (TPSA) is 68.5 Å². The number of ether oxygens (including phenoxy) is 1. The summed E-state index contributed by atoms with van der Waals surface area (Å²) in [5.41, 5.74) is 6.72. The maximum absolute atomic E-state index is 12.3. The normalized spacial score (nSPS) is 11.3. The Labute approximate surface area is 181 Å². The number of nitrogens with one attached hydrogen (secondary N) is 1. The fraction of sp³-hybridized carbons (Fsp3) is 0.261. The van der Waals surface area contributed by atoms with Crippen molar-refractivity contribution in [1.82, 2.24) is 15.2 Å². The second-order valence-corrected chi connectivity index (χ2v) is 7.68. The molecule has 30 heavy (non-hydrogen) atoms. The largest absolute Gasteiger partial charge is 0.491 e. The lowest BCUT2D eigenvalue weighted by molar-refractivity contribution is 0.0955. The van der Waals surface area contributed by atoms with Gasteiger partial charge in [-0.1, -0.05) is 41.4 Å². The third-order valence-corrected chi connectivity index (χ3v) is 4.81. The van der Waals surface area contributed by atoms with E-state index in [-0.39, 0.29) is 12.0 Å². The zero-order chi connectivity index (χ0) is 21.7. The van der Waals surface area contributed by atoms with Crippen molar-refractivity contribution in [2.45, 2.75) is 40.3 Å². The minimum atomic E-state index is -0.317. The summed E-state index contributed by atoms with van der Waals surface area (Å²) in [5.74, 6) is 0.400. The van der Waals surface area contributed by atoms with E-state index in [1.807, 2.05) is 39.8 Å². The van der Waals surface area contributed by atoms with Gasteiger partial charge in [-0.25, -0.2) is 10.1 Å². The van der Waals surface area contributed by atoms with E-state index in [0.29, 0.717) is 28.6 Å². The Kier molecular flexibility index (Phi) is 6.90. The van der Waals surface area contributed by atoms with Crippen LogP contribution >= 0.6 is 11.6 Å². The smallest absolute Gasteiger partial charge is 0.271 e. The predicted molar refractivity (Wildman–Crippen MR) is 120 cm³/mol. The van der Waals surface area contributed by atoms with Gasteiger partial charge in [0.2, 0.25) is 0 Å². The molecule has 0 atom stereocenters. The van der Waals surface area contributed by atoms with E-state index in [1.54, 1.807) is 28.9 Å². The highest BCUT2D eigenvalue weighted by atomic mass is 35.5. The molecule has 0 saturated heterocycles. The van der Waals surface area contributed by atoms with Gasteiger partial charge in [0.25, 0.3) is 5.91 Å². The Morgan fingerprint density at radius 2 is 1.83 bits per heavy atom. The van der Waals surface area contributed by atoms with Gasteiger partial charge in [0, 0.05) is 5.56 Å². The van der Waals surface area contributed by atoms with Crippen molar-refractivity contribution in [3.63, 3.8) is 0 Å². The Morgan fingerprint density at radius 1 is 1.17 bits per heavy atom. The van der Waals surface area contributed by atoms with Crippen LogP contribution in [-0.4, -0.2) is 28.0 Å². The average molecular weight is 425 g/mol. The van der Waals surface area contributed by atoms with E-state index >= 15 is 0 Å². The summed E-state index contributed by atoms with van der Waals surface area (Å²) in [6, 6.07) is 15.1. The second-order valence-electron chi connectivity index (χ2n) is 7.32. The Hall–Kier alpha value is -3.12. The lowest BCUT2D eigenvalue weighted by atomic mass is 10.1. The van der Waals surface area contributed by atoms with Crippen molar-refractivity contribution in [3.05, 3.63) is 81.6 Å². The number of hydrogen-bond donors (Lipinski definition) is 1. The summed E-state index contributed by atoms with van der Waals surface area (Å²) in [6.07, 6.45) is 1.60. The van der Waals surface area contributed by atoms with E-state index in [0.717, 1.165) is 11.3 Å². The number of amides is 1. The molecular formula is C23H25ClN4O2. The predicted octanol–water partition coefficient (Wildman–Crippen LogP) is 4.75. The summed E-state index contributed by atoms with van der Waals surface area (Å²) in [5, 5.41) is 9.01. The first-order valence-corrected chi connectivity index (χ1v) is 10.1. The van der Waals surface area contributed by atoms with Crippen LogP contribution in [-0.2, 0) is 6.54 Å². The molecule has 0 aliphatic heterocycles. The fourth-order valence-corrected chi connectivity index (χ4v) is 3.15. The summed E-state index contributed by atoms with van der Waals surface area (Å²) in [4.78, 5) is 12.3. The van der Waals surface area contributed by atoms with Gasteiger partial charge in [-0.05, 0) is 57.5 Å². The third kappa shape index (κ3) is 5.48. The monoisotopic (exact) mass is 424 g/mol. The molecule has 2 aromatic carbocycles. The first-order chi connectivity index (χ1) is 14.3. The Morgan fingerprint density at radius 3 is 2.47 bits per heavy atom. The number of hydrogen-bond acceptors (Lipinski definition) is 4. The number of aryl methyl sites for hydroxylation is 2. The number of nitrogens with zero attached hydrogens (tertiary/aromatic N) is 3. The molecular weight excluding hydrogens is 400 g/mol. The van der Waals surface area contributed by atoms with Gasteiger partial charge in [-0.3, -0.25) is 4.79 Å². The number of halogens is 1. The maximum atomic E-state index is 12.3. The van der Waals surface area contributed by atoms with Crippen LogP contribution in [0.3, 0.4) is 0 Å². The minimum Gasteiger partial charge on any atom is -0.491 e. The van der Waals surface area contributed by atoms with Crippen molar-refractivity contribution in [2.24, 2.45) is 5.10 Å². The molecule has 0 aliphatic carbocycles. The van der Waals surface area contributed by atoms with E-state index in [4.69, 9.17) is 16.3 Å². The fourth-order valence-electron chi connectivity index (χ4n) is 2.86. The molecule has 156 valence electrons. The maximum Gasteiger partial charge on any atom is 0.271 e. The van der Waals surface area contributed by atoms with Crippen molar-refractivity contribution < 1.29 is 9.53 Å². The summed E-state index contributed by atoms with van der Waals surface area (Å²) in [7, 11) is 0. The van der Waals surface area contributed by atoms with E-state index in [2.05, 4.69) is 27.8 Å². The molecule has 7 heteroatoms. The van der Waals surface area contributed by atoms with Gasteiger partial charge in [0.05, 0.1) is 30.1 Å². The molecule has 3 aromatic rings. The number of aromatic nitrogens is 2. The van der Waals surface area contributed by atoms with E-state index in [9.17, 15) is 4.79 Å². The molecule has 0 bridgehead atoms. The van der Waals surface area contributed by atoms with Gasteiger partial charge in [0.1, 0.15) is 10.9 Å². The summed E-state index contributed by atoms with van der Waals surface area (Å²) < 4.78 is 7.30. The molecule has 0 saturated carbocycles. The minimum absolute atomic E-state index is 0.0780. The first kappa shape index (κ1) is 21.6. The third-order valence-electron chi connectivity index (χ3n) is 4.41. The van der Waals surface area contributed by atoms with Crippen LogP contribution in [0.1, 0.15) is 46.6 Å². The second kappa shape index (κ2) is 9.59. The molecule has 1 N–H and O–H groups in total. The van der Waals surface area contributed by atoms with Gasteiger partial charge in [0.15, 0.2) is 0 Å². The Balaban J connectivity index is 1.65. The first-order valence-electron chi connectivity index (χ1n) is 9.72. The highest BCUT2D eigenvalue weighted by Gasteiger charge is 2.12. The number of hydrazone groups is 1. The zero-order valence-electron chi connectivity index (χ0n) is 17.5. The van der Waals surface area contributed by atoms with Gasteiger partial charge >= 0.3 is 0 Å². The van der Waals surface area contributed by atoms with Crippen LogP contribution in [0.25, 0.3) is 0 Å². The van der Waals surface area contributed by atoms with E-state index < -0.39 is 0 Å². The summed E-state index contributed by atoms with van der Waals surface area (Å²) in [6.45, 7) is 8.36. The summed E-state index contributed by atoms with van der Waals surface area (Å²) >= 11 is 6.48. The SMILES string of the molecule is Cc1ccc(Cn2nc(C)c(/C=N\NC(=O)c3ccc(OC(C)C)cc3)c2Cl)cc1. The molecule has 6 nitrogen and oxygen atoms in total. The Bertz CT molecular complexity index is 1040. The molecule has 1 heterocycles. The zero-order valence-corrected chi connectivity index (χ0v) is 18.3. The van der Waals surface area contributed by atoms with Crippen molar-refractivity contribution in [2.75, 3.05) is 0 Å². The lowest BCUT2D eigenvalue weighted by Crippen LogP contribution is -2.17. The molecule has 3 rings (SSSR count). The number of rotatable bonds is 7. The molecule has 0 unspecified atom stereocenters. The molecule has 1 amide bonds. The molecule has 1 aromatic heterocycles. The molecule has 0 aliphatic rings. The quantitative estimate of drug-likeness (QED) is 0.439. The molecule has 0 radical (unpaired) electrons. The van der Waals surface area contributed by atoms with Crippen molar-refractivity contribution in [1.29, 1.82) is 0 Å². The highest BCUT2D eigenvalue weighted by Crippen LogP contribution is 2.19. The van der Waals surface area contributed by atoms with Gasteiger partial charge in [-0.15, -0.1) is 0 Å². The van der Waals surface area contributed by atoms with Gasteiger partial charge < -0.3 is 4.74 Å².